The maximum Gasteiger partial charge on any atom is 0.135 e. The van der Waals surface area contributed by atoms with E-state index in [2.05, 4.69) is 0 Å². The molecule has 0 aliphatic carbocycles. The largest absolute Gasteiger partial charge is 0.495 e. The van der Waals surface area contributed by atoms with Crippen molar-refractivity contribution in [2.75, 3.05) is 12.9 Å². The average Bonchev–Trinajstić information content (AvgIpc) is 2.18. The first-order valence-electron chi connectivity index (χ1n) is 4.01. The predicted molar refractivity (Wildman–Crippen MR) is 52.7 cm³/mol. The van der Waals surface area contributed by atoms with Crippen molar-refractivity contribution in [1.29, 1.82) is 4.78 Å². The highest BCUT2D eigenvalue weighted by Crippen LogP contribution is 2.23. The quantitative estimate of drug-likeness (QED) is 0.810. The minimum absolute atomic E-state index is 0.313. The third-order valence-electron chi connectivity index (χ3n) is 1.83. The molecule has 0 saturated carbocycles. The first-order valence-corrected chi connectivity index (χ1v) is 5.74. The number of methoxy groups -OCH3 is 1. The fraction of sp³-hybridized carbons (Fsp3) is 0.333. The van der Waals surface area contributed by atoms with Crippen LogP contribution in [0.3, 0.4) is 0 Å². The van der Waals surface area contributed by atoms with Crippen LogP contribution in [0.15, 0.2) is 29.2 Å². The van der Waals surface area contributed by atoms with Crippen LogP contribution in [0.2, 0.25) is 0 Å². The molecule has 0 heterocycles. The Balaban J connectivity index is 3.29. The molecular formula is C9H13NO2S. The molecular weight excluding hydrogens is 186 g/mol. The maximum absolute atomic E-state index is 11.7. The molecule has 1 rings (SSSR count). The van der Waals surface area contributed by atoms with Gasteiger partial charge in [0.2, 0.25) is 0 Å². The molecule has 0 bridgehead atoms. The van der Waals surface area contributed by atoms with Crippen LogP contribution in [0.1, 0.15) is 6.92 Å². The maximum atomic E-state index is 11.7. The monoisotopic (exact) mass is 199 g/mol. The summed E-state index contributed by atoms with van der Waals surface area (Å²) in [6, 6.07) is 6.96. The molecule has 0 amide bonds. The molecule has 0 saturated heterocycles. The highest BCUT2D eigenvalue weighted by atomic mass is 32.2. The zero-order chi connectivity index (χ0) is 9.90. The Hall–Kier alpha value is -1.03. The first-order chi connectivity index (χ1) is 6.11. The third-order valence-corrected chi connectivity index (χ3v) is 3.69. The Morgan fingerprint density at radius 3 is 2.62 bits per heavy atom. The topological polar surface area (TPSA) is 50.2 Å². The Bertz CT molecular complexity index is 384. The molecule has 72 valence electrons. The number of hydrogen-bond donors (Lipinski definition) is 1. The molecule has 0 radical (unpaired) electrons. The summed E-state index contributed by atoms with van der Waals surface area (Å²) in [5.74, 6) is 0.845. The fourth-order valence-electron chi connectivity index (χ4n) is 1.05. The molecule has 0 spiro atoms. The molecule has 1 aromatic carbocycles. The van der Waals surface area contributed by atoms with E-state index in [0.29, 0.717) is 16.4 Å². The van der Waals surface area contributed by atoms with E-state index in [-0.39, 0.29) is 0 Å². The van der Waals surface area contributed by atoms with Crippen molar-refractivity contribution in [3.63, 3.8) is 0 Å². The lowest BCUT2D eigenvalue weighted by atomic mass is 10.3. The number of nitrogens with one attached hydrogen (secondary N) is 1. The fourth-order valence-corrected chi connectivity index (χ4v) is 2.13. The van der Waals surface area contributed by atoms with Crippen LogP contribution in [-0.2, 0) is 9.73 Å². The number of hydrogen-bond acceptors (Lipinski definition) is 3. The van der Waals surface area contributed by atoms with E-state index in [1.165, 1.54) is 7.11 Å². The van der Waals surface area contributed by atoms with E-state index in [4.69, 9.17) is 9.52 Å². The van der Waals surface area contributed by atoms with Crippen molar-refractivity contribution < 1.29 is 8.95 Å². The van der Waals surface area contributed by atoms with Gasteiger partial charge in [0.1, 0.15) is 5.75 Å². The molecule has 0 aliphatic heterocycles. The van der Waals surface area contributed by atoms with Crippen molar-refractivity contribution in [2.45, 2.75) is 11.8 Å². The number of ether oxygens (including phenoxy) is 1. The minimum atomic E-state index is -2.67. The van der Waals surface area contributed by atoms with Gasteiger partial charge in [-0.1, -0.05) is 19.1 Å². The number of benzene rings is 1. The average molecular weight is 199 g/mol. The van der Waals surface area contributed by atoms with Gasteiger partial charge in [0.05, 0.1) is 21.7 Å². The standard InChI is InChI=1S/C9H13NO2S/c1-3-13(10,11)9-7-5-4-6-8(9)12-2/h4-7,10H,3H2,1-2H3/t13-/m0/s1. The lowest BCUT2D eigenvalue weighted by Crippen LogP contribution is -2.03. The van der Waals surface area contributed by atoms with Gasteiger partial charge in [0, 0.05) is 5.75 Å². The molecule has 4 heteroatoms. The molecule has 0 fully saturated rings. The molecule has 1 aromatic rings. The van der Waals surface area contributed by atoms with Gasteiger partial charge in [-0.3, -0.25) is 0 Å². The van der Waals surface area contributed by atoms with Gasteiger partial charge in [0.15, 0.2) is 0 Å². The van der Waals surface area contributed by atoms with Crippen LogP contribution in [0, 0.1) is 4.78 Å². The van der Waals surface area contributed by atoms with Crippen molar-refractivity contribution in [1.82, 2.24) is 0 Å². The summed E-state index contributed by atoms with van der Waals surface area (Å²) in [5, 5.41) is 0. The summed E-state index contributed by atoms with van der Waals surface area (Å²) in [5.41, 5.74) is 0. The smallest absolute Gasteiger partial charge is 0.135 e. The lowest BCUT2D eigenvalue weighted by Gasteiger charge is -2.09. The van der Waals surface area contributed by atoms with E-state index in [1.54, 1.807) is 31.2 Å². The zero-order valence-electron chi connectivity index (χ0n) is 7.74. The Morgan fingerprint density at radius 2 is 2.08 bits per heavy atom. The van der Waals surface area contributed by atoms with E-state index >= 15 is 0 Å². The Morgan fingerprint density at radius 1 is 1.46 bits per heavy atom. The summed E-state index contributed by atoms with van der Waals surface area (Å²) in [4.78, 5) is 0.486. The molecule has 1 atom stereocenters. The molecule has 1 N–H and O–H groups in total. The normalized spacial score (nSPS) is 14.9. The summed E-state index contributed by atoms with van der Waals surface area (Å²) in [7, 11) is -1.15. The third kappa shape index (κ3) is 2.01. The summed E-state index contributed by atoms with van der Waals surface area (Å²) >= 11 is 0. The first kappa shape index (κ1) is 10.1. The van der Waals surface area contributed by atoms with E-state index in [0.717, 1.165) is 0 Å². The van der Waals surface area contributed by atoms with E-state index in [9.17, 15) is 4.21 Å². The Kier molecular flexibility index (Phi) is 2.93. The zero-order valence-corrected chi connectivity index (χ0v) is 8.56. The van der Waals surface area contributed by atoms with Crippen molar-refractivity contribution in [2.24, 2.45) is 0 Å². The SMILES string of the molecule is CC[S@](=N)(=O)c1ccccc1OC. The lowest BCUT2D eigenvalue weighted by molar-refractivity contribution is 0.404. The van der Waals surface area contributed by atoms with Gasteiger partial charge in [-0.05, 0) is 12.1 Å². The van der Waals surface area contributed by atoms with Crippen molar-refractivity contribution >= 4 is 9.73 Å². The second-order valence-electron chi connectivity index (χ2n) is 2.61. The van der Waals surface area contributed by atoms with Gasteiger partial charge in [0.25, 0.3) is 0 Å². The summed E-state index contributed by atoms with van der Waals surface area (Å²) in [6.45, 7) is 1.74. The Labute approximate surface area is 78.7 Å². The molecule has 0 aliphatic rings. The summed E-state index contributed by atoms with van der Waals surface area (Å²) in [6.07, 6.45) is 0. The predicted octanol–water partition coefficient (Wildman–Crippen LogP) is 2.12. The van der Waals surface area contributed by atoms with E-state index in [1.807, 2.05) is 0 Å². The number of para-hydroxylation sites is 1. The van der Waals surface area contributed by atoms with Gasteiger partial charge in [-0.15, -0.1) is 0 Å². The summed E-state index contributed by atoms with van der Waals surface area (Å²) < 4.78 is 24.4. The minimum Gasteiger partial charge on any atom is -0.495 e. The van der Waals surface area contributed by atoms with Gasteiger partial charge < -0.3 is 4.74 Å². The number of rotatable bonds is 3. The van der Waals surface area contributed by atoms with Crippen LogP contribution in [0.5, 0.6) is 5.75 Å². The van der Waals surface area contributed by atoms with Crippen molar-refractivity contribution in [3.05, 3.63) is 24.3 Å². The van der Waals surface area contributed by atoms with Gasteiger partial charge in [-0.2, -0.15) is 0 Å². The van der Waals surface area contributed by atoms with Crippen LogP contribution < -0.4 is 4.74 Å². The molecule has 13 heavy (non-hydrogen) atoms. The second-order valence-corrected chi connectivity index (χ2v) is 4.98. The second kappa shape index (κ2) is 3.79. The van der Waals surface area contributed by atoms with Crippen molar-refractivity contribution in [3.8, 4) is 5.75 Å². The van der Waals surface area contributed by atoms with Crippen LogP contribution in [0.4, 0.5) is 0 Å². The van der Waals surface area contributed by atoms with Crippen LogP contribution in [-0.4, -0.2) is 17.1 Å². The van der Waals surface area contributed by atoms with E-state index < -0.39 is 9.73 Å². The van der Waals surface area contributed by atoms with Gasteiger partial charge >= 0.3 is 0 Å². The molecule has 3 nitrogen and oxygen atoms in total. The van der Waals surface area contributed by atoms with Crippen LogP contribution in [0.25, 0.3) is 0 Å². The van der Waals surface area contributed by atoms with Crippen LogP contribution >= 0.6 is 0 Å². The highest BCUT2D eigenvalue weighted by Gasteiger charge is 2.12. The molecule has 0 aromatic heterocycles. The van der Waals surface area contributed by atoms with Gasteiger partial charge in [-0.25, -0.2) is 8.99 Å². The molecule has 0 unspecified atom stereocenters. The highest BCUT2D eigenvalue weighted by molar-refractivity contribution is 7.92.